The van der Waals surface area contributed by atoms with Gasteiger partial charge >= 0.3 is 0 Å². The van der Waals surface area contributed by atoms with Gasteiger partial charge in [0.25, 0.3) is 0 Å². The standard InChI is InChI=1S/C17H14N2S2/c1-13-3-7-15(8-4-13)20-17(11-18,12-19)21-16-9-5-14(2)6-10-16/h3-10H,1-2H3. The smallest absolute Gasteiger partial charge is 0.195 e. The van der Waals surface area contributed by atoms with Crippen molar-refractivity contribution in [2.45, 2.75) is 27.7 Å². The molecule has 0 aliphatic heterocycles. The largest absolute Gasteiger partial charge is 0.243 e. The average molecular weight is 310 g/mol. The second-order valence-electron chi connectivity index (χ2n) is 4.67. The van der Waals surface area contributed by atoms with Crippen molar-refractivity contribution >= 4 is 23.5 Å². The van der Waals surface area contributed by atoms with Gasteiger partial charge < -0.3 is 0 Å². The molecule has 2 aromatic rings. The van der Waals surface area contributed by atoms with E-state index in [2.05, 4.69) is 12.1 Å². The lowest BCUT2D eigenvalue weighted by molar-refractivity contribution is 1.25. The van der Waals surface area contributed by atoms with E-state index in [-0.39, 0.29) is 0 Å². The number of benzene rings is 2. The van der Waals surface area contributed by atoms with Crippen molar-refractivity contribution in [1.82, 2.24) is 0 Å². The molecule has 0 amide bonds. The van der Waals surface area contributed by atoms with Crippen LogP contribution < -0.4 is 0 Å². The highest BCUT2D eigenvalue weighted by Gasteiger charge is 2.33. The first-order chi connectivity index (χ1) is 10.1. The molecule has 0 bridgehead atoms. The third-order valence-corrected chi connectivity index (χ3v) is 5.32. The zero-order valence-corrected chi connectivity index (χ0v) is 13.5. The van der Waals surface area contributed by atoms with Gasteiger partial charge in [-0.25, -0.2) is 0 Å². The molecule has 104 valence electrons. The second-order valence-corrected chi connectivity index (χ2v) is 7.50. The number of aryl methyl sites for hydroxylation is 2. The van der Waals surface area contributed by atoms with E-state index in [1.165, 1.54) is 23.5 Å². The van der Waals surface area contributed by atoms with E-state index >= 15 is 0 Å². The highest BCUT2D eigenvalue weighted by atomic mass is 32.2. The Kier molecular flexibility index (Phi) is 4.96. The Bertz CT molecular complexity index is 628. The first kappa shape index (κ1) is 15.5. The van der Waals surface area contributed by atoms with Crippen molar-refractivity contribution in [2.75, 3.05) is 0 Å². The molecule has 2 aromatic carbocycles. The maximum Gasteiger partial charge on any atom is 0.243 e. The number of nitriles is 2. The quantitative estimate of drug-likeness (QED) is 0.593. The minimum Gasteiger partial charge on any atom is -0.195 e. The lowest BCUT2D eigenvalue weighted by Crippen LogP contribution is -2.14. The van der Waals surface area contributed by atoms with Gasteiger partial charge in [0.05, 0.1) is 0 Å². The molecule has 21 heavy (non-hydrogen) atoms. The molecule has 2 nitrogen and oxygen atoms in total. The normalized spacial score (nSPS) is 10.7. The maximum absolute atomic E-state index is 9.49. The topological polar surface area (TPSA) is 47.6 Å². The molecule has 0 heterocycles. The van der Waals surface area contributed by atoms with Gasteiger partial charge in [-0.3, -0.25) is 0 Å². The van der Waals surface area contributed by atoms with Crippen LogP contribution in [0.1, 0.15) is 11.1 Å². The minimum absolute atomic E-state index is 0.920. The fraction of sp³-hybridized carbons (Fsp3) is 0.176. The molecule has 0 aliphatic carbocycles. The van der Waals surface area contributed by atoms with Crippen LogP contribution in [0.25, 0.3) is 0 Å². The summed E-state index contributed by atoms with van der Waals surface area (Å²) in [5.41, 5.74) is 2.31. The predicted octanol–water partition coefficient (Wildman–Crippen LogP) is 4.93. The summed E-state index contributed by atoms with van der Waals surface area (Å²) in [7, 11) is 0. The molecule has 0 saturated carbocycles. The van der Waals surface area contributed by atoms with Crippen LogP contribution in [0, 0.1) is 36.5 Å². The van der Waals surface area contributed by atoms with Crippen molar-refractivity contribution in [2.24, 2.45) is 0 Å². The molecule has 0 N–H and O–H groups in total. The Morgan fingerprint density at radius 3 is 1.33 bits per heavy atom. The molecule has 2 rings (SSSR count). The molecular weight excluding hydrogens is 296 g/mol. The fourth-order valence-electron chi connectivity index (χ4n) is 1.68. The molecule has 0 fully saturated rings. The van der Waals surface area contributed by atoms with Gasteiger partial charge in [0.1, 0.15) is 12.1 Å². The van der Waals surface area contributed by atoms with E-state index in [1.807, 2.05) is 62.4 Å². The highest BCUT2D eigenvalue weighted by Crippen LogP contribution is 2.44. The van der Waals surface area contributed by atoms with Crippen molar-refractivity contribution in [3.63, 3.8) is 0 Å². The van der Waals surface area contributed by atoms with Crippen molar-refractivity contribution in [3.05, 3.63) is 59.7 Å². The van der Waals surface area contributed by atoms with Crippen LogP contribution in [-0.4, -0.2) is 4.08 Å². The molecule has 0 aromatic heterocycles. The van der Waals surface area contributed by atoms with Crippen LogP contribution in [0.2, 0.25) is 0 Å². The summed E-state index contributed by atoms with van der Waals surface area (Å²) in [6.07, 6.45) is 0. The predicted molar refractivity (Wildman–Crippen MR) is 88.0 cm³/mol. The SMILES string of the molecule is Cc1ccc(SC(C#N)(C#N)Sc2ccc(C)cc2)cc1. The Morgan fingerprint density at radius 2 is 1.05 bits per heavy atom. The maximum atomic E-state index is 9.49. The van der Waals surface area contributed by atoms with Gasteiger partial charge in [-0.2, -0.15) is 10.5 Å². The van der Waals surface area contributed by atoms with Gasteiger partial charge in [-0.05, 0) is 38.1 Å². The van der Waals surface area contributed by atoms with Crippen LogP contribution in [0.4, 0.5) is 0 Å². The summed E-state index contributed by atoms with van der Waals surface area (Å²) >= 11 is 2.57. The molecule has 0 radical (unpaired) electrons. The lowest BCUT2D eigenvalue weighted by Gasteiger charge is -2.17. The van der Waals surface area contributed by atoms with Crippen molar-refractivity contribution in [3.8, 4) is 12.1 Å². The van der Waals surface area contributed by atoms with E-state index in [0.29, 0.717) is 0 Å². The van der Waals surface area contributed by atoms with Crippen LogP contribution in [0.5, 0.6) is 0 Å². The van der Waals surface area contributed by atoms with Crippen LogP contribution in [-0.2, 0) is 0 Å². The highest BCUT2D eigenvalue weighted by molar-refractivity contribution is 8.19. The fourth-order valence-corrected chi connectivity index (χ4v) is 3.82. The number of hydrogen-bond acceptors (Lipinski definition) is 4. The average Bonchev–Trinajstić information content (AvgIpc) is 2.51. The van der Waals surface area contributed by atoms with E-state index in [4.69, 9.17) is 0 Å². The third kappa shape index (κ3) is 4.04. The molecule has 0 aliphatic rings. The Labute approximate surface area is 133 Å². The van der Waals surface area contributed by atoms with Gasteiger partial charge in [0.2, 0.25) is 4.08 Å². The minimum atomic E-state index is -1.18. The number of thioether (sulfide) groups is 2. The number of nitrogens with zero attached hydrogens (tertiary/aromatic N) is 2. The Hall–Kier alpha value is -1.88. The summed E-state index contributed by atoms with van der Waals surface area (Å²) in [6, 6.07) is 20.0. The Morgan fingerprint density at radius 1 is 0.714 bits per heavy atom. The van der Waals surface area contributed by atoms with Gasteiger partial charge in [0, 0.05) is 9.79 Å². The van der Waals surface area contributed by atoms with Crippen LogP contribution in [0.3, 0.4) is 0 Å². The van der Waals surface area contributed by atoms with Crippen molar-refractivity contribution in [1.29, 1.82) is 10.5 Å². The molecule has 0 spiro atoms. The summed E-state index contributed by atoms with van der Waals surface area (Å²) in [6.45, 7) is 4.02. The monoisotopic (exact) mass is 310 g/mol. The number of hydrogen-bond donors (Lipinski definition) is 0. The zero-order chi connectivity index (χ0) is 15.3. The molecule has 4 heteroatoms. The van der Waals surface area contributed by atoms with E-state index in [9.17, 15) is 10.5 Å². The molecule has 0 saturated heterocycles. The van der Waals surface area contributed by atoms with Crippen LogP contribution >= 0.6 is 23.5 Å². The van der Waals surface area contributed by atoms with E-state index in [0.717, 1.165) is 20.9 Å². The van der Waals surface area contributed by atoms with Crippen molar-refractivity contribution < 1.29 is 0 Å². The van der Waals surface area contributed by atoms with E-state index < -0.39 is 4.08 Å². The van der Waals surface area contributed by atoms with Gasteiger partial charge in [-0.15, -0.1) is 0 Å². The summed E-state index contributed by atoms with van der Waals surface area (Å²) in [4.78, 5) is 1.84. The third-order valence-electron chi connectivity index (χ3n) is 2.86. The van der Waals surface area contributed by atoms with Gasteiger partial charge in [0.15, 0.2) is 0 Å². The van der Waals surface area contributed by atoms with Gasteiger partial charge in [-0.1, -0.05) is 58.9 Å². The Balaban J connectivity index is 2.24. The lowest BCUT2D eigenvalue weighted by atomic mass is 10.2. The number of rotatable bonds is 4. The molecular formula is C17H14N2S2. The first-order valence-electron chi connectivity index (χ1n) is 6.41. The van der Waals surface area contributed by atoms with Crippen LogP contribution in [0.15, 0.2) is 58.3 Å². The molecule has 0 unspecified atom stereocenters. The summed E-state index contributed by atoms with van der Waals surface area (Å²) < 4.78 is -1.18. The summed E-state index contributed by atoms with van der Waals surface area (Å²) in [5.74, 6) is 0. The van der Waals surface area contributed by atoms with E-state index in [1.54, 1.807) is 0 Å². The first-order valence-corrected chi connectivity index (χ1v) is 8.04. The zero-order valence-electron chi connectivity index (χ0n) is 11.8. The second kappa shape index (κ2) is 6.72. The molecule has 0 atom stereocenters. The summed E-state index contributed by atoms with van der Waals surface area (Å²) in [5, 5.41) is 19.0.